The van der Waals surface area contributed by atoms with Gasteiger partial charge in [-0.2, -0.15) is 0 Å². The van der Waals surface area contributed by atoms with Crippen LogP contribution >= 0.6 is 0 Å². The fraction of sp³-hybridized carbons (Fsp3) is 0.370. The molecule has 0 saturated carbocycles. The minimum atomic E-state index is 0.315. The number of rotatable bonds is 6. The van der Waals surface area contributed by atoms with Crippen molar-refractivity contribution in [2.75, 3.05) is 0 Å². The summed E-state index contributed by atoms with van der Waals surface area (Å²) in [5.74, 6) is 0.607. The van der Waals surface area contributed by atoms with Crippen LogP contribution in [0.3, 0.4) is 0 Å². The second-order valence-electron chi connectivity index (χ2n) is 8.55. The first-order valence-electron chi connectivity index (χ1n) is 11.0. The van der Waals surface area contributed by atoms with Crippen molar-refractivity contribution in [3.05, 3.63) is 93.4 Å². The van der Waals surface area contributed by atoms with E-state index in [9.17, 15) is 4.79 Å². The molecule has 1 aliphatic rings. The van der Waals surface area contributed by atoms with Crippen LogP contribution in [0, 0.1) is 5.92 Å². The molecule has 1 aromatic heterocycles. The molecule has 0 aliphatic heterocycles. The Morgan fingerprint density at radius 1 is 1.00 bits per heavy atom. The molecule has 0 amide bonds. The molecule has 4 rings (SSSR count). The van der Waals surface area contributed by atoms with E-state index in [0.717, 1.165) is 49.8 Å². The third-order valence-electron chi connectivity index (χ3n) is 6.21. The lowest BCUT2D eigenvalue weighted by Crippen LogP contribution is -2.28. The van der Waals surface area contributed by atoms with Gasteiger partial charge in [-0.1, -0.05) is 74.9 Å². The summed E-state index contributed by atoms with van der Waals surface area (Å²) in [7, 11) is 0. The van der Waals surface area contributed by atoms with Gasteiger partial charge >= 0.3 is 0 Å². The van der Waals surface area contributed by atoms with Crippen molar-refractivity contribution in [3.8, 4) is 11.1 Å². The third kappa shape index (κ3) is 4.37. The summed E-state index contributed by atoms with van der Waals surface area (Å²) >= 11 is 0. The number of fused-ring (bicyclic) bond motifs is 1. The minimum Gasteiger partial charge on any atom is -0.346 e. The van der Waals surface area contributed by atoms with Gasteiger partial charge in [0.1, 0.15) is 0 Å². The van der Waals surface area contributed by atoms with Crippen molar-refractivity contribution in [1.29, 1.82) is 0 Å². The highest BCUT2D eigenvalue weighted by atomic mass is 16.1. The predicted octanol–water partition coefficient (Wildman–Crippen LogP) is 6.03. The smallest absolute Gasteiger partial charge is 0.188 e. The molecular formula is C27H31NO. The number of nitrogens with zero attached hydrogens (tertiary/aromatic N) is 1. The zero-order chi connectivity index (χ0) is 20.2. The van der Waals surface area contributed by atoms with Crippen LogP contribution in [0.1, 0.15) is 55.5 Å². The molecule has 3 aromatic rings. The van der Waals surface area contributed by atoms with Crippen molar-refractivity contribution in [2.24, 2.45) is 5.92 Å². The van der Waals surface area contributed by atoms with Crippen LogP contribution in [-0.4, -0.2) is 4.57 Å². The fourth-order valence-corrected chi connectivity index (χ4v) is 4.48. The quantitative estimate of drug-likeness (QED) is 0.508. The van der Waals surface area contributed by atoms with E-state index in [4.69, 9.17) is 0 Å². The third-order valence-corrected chi connectivity index (χ3v) is 6.21. The van der Waals surface area contributed by atoms with Crippen molar-refractivity contribution < 1.29 is 0 Å². The van der Waals surface area contributed by atoms with Crippen LogP contribution in [0.2, 0.25) is 0 Å². The van der Waals surface area contributed by atoms with Gasteiger partial charge in [-0.25, -0.2) is 0 Å². The predicted molar refractivity (Wildman–Crippen MR) is 121 cm³/mol. The Balaban J connectivity index is 1.65. The second kappa shape index (κ2) is 8.82. The first kappa shape index (κ1) is 19.7. The van der Waals surface area contributed by atoms with Crippen molar-refractivity contribution in [1.82, 2.24) is 4.57 Å². The molecule has 0 spiro atoms. The Morgan fingerprint density at radius 3 is 2.45 bits per heavy atom. The molecule has 1 aliphatic carbocycles. The molecule has 150 valence electrons. The van der Waals surface area contributed by atoms with Gasteiger partial charge in [0.05, 0.1) is 0 Å². The molecule has 2 nitrogen and oxygen atoms in total. The Kier molecular flexibility index (Phi) is 5.99. The molecule has 2 heteroatoms. The number of hydrogen-bond donors (Lipinski definition) is 0. The first-order chi connectivity index (χ1) is 14.2. The average Bonchev–Trinajstić information content (AvgIpc) is 2.76. The summed E-state index contributed by atoms with van der Waals surface area (Å²) in [6, 6.07) is 19.4. The van der Waals surface area contributed by atoms with Crippen LogP contribution in [0.25, 0.3) is 11.1 Å². The van der Waals surface area contributed by atoms with Crippen molar-refractivity contribution in [3.63, 3.8) is 0 Å². The number of hydrogen-bond acceptors (Lipinski definition) is 1. The van der Waals surface area contributed by atoms with Crippen LogP contribution in [0.5, 0.6) is 0 Å². The summed E-state index contributed by atoms with van der Waals surface area (Å²) < 4.78 is 2.37. The van der Waals surface area contributed by atoms with Crippen LogP contribution in [-0.2, 0) is 25.8 Å². The van der Waals surface area contributed by atoms with E-state index in [-0.39, 0.29) is 0 Å². The Morgan fingerprint density at radius 2 is 1.72 bits per heavy atom. The minimum absolute atomic E-state index is 0.315. The lowest BCUT2D eigenvalue weighted by molar-refractivity contribution is 0.475. The van der Waals surface area contributed by atoms with Crippen molar-refractivity contribution >= 4 is 0 Å². The van der Waals surface area contributed by atoms with Crippen molar-refractivity contribution in [2.45, 2.75) is 58.9 Å². The van der Waals surface area contributed by atoms with E-state index in [1.807, 2.05) is 6.07 Å². The maximum absolute atomic E-state index is 13.1. The van der Waals surface area contributed by atoms with E-state index in [1.54, 1.807) is 0 Å². The maximum Gasteiger partial charge on any atom is 0.188 e. The van der Waals surface area contributed by atoms with Gasteiger partial charge < -0.3 is 4.57 Å². The molecule has 29 heavy (non-hydrogen) atoms. The SMILES string of the molecule is CCCCc1cn(Cc2ccc(-c3ccccc3)cc2)c2c(c1=O)CC(C)CC2. The molecule has 0 saturated heterocycles. The van der Waals surface area contributed by atoms with Gasteiger partial charge in [-0.3, -0.25) is 4.79 Å². The second-order valence-corrected chi connectivity index (χ2v) is 8.55. The van der Waals surface area contributed by atoms with Crippen LogP contribution < -0.4 is 5.43 Å². The molecule has 1 unspecified atom stereocenters. The molecular weight excluding hydrogens is 354 g/mol. The molecule has 0 fully saturated rings. The van der Waals surface area contributed by atoms with E-state index < -0.39 is 0 Å². The van der Waals surface area contributed by atoms with Crippen LogP contribution in [0.15, 0.2) is 65.6 Å². The lowest BCUT2D eigenvalue weighted by Gasteiger charge is -2.26. The Hall–Kier alpha value is -2.61. The van der Waals surface area contributed by atoms with Gasteiger partial charge in [0.25, 0.3) is 0 Å². The number of unbranched alkanes of at least 4 members (excludes halogenated alkanes) is 1. The van der Waals surface area contributed by atoms with E-state index in [1.165, 1.54) is 28.8 Å². The summed E-state index contributed by atoms with van der Waals surface area (Å²) in [4.78, 5) is 13.1. The Bertz CT molecular complexity index is 1010. The largest absolute Gasteiger partial charge is 0.346 e. The normalized spacial score (nSPS) is 15.9. The summed E-state index contributed by atoms with van der Waals surface area (Å²) in [6.45, 7) is 5.30. The highest BCUT2D eigenvalue weighted by Crippen LogP contribution is 2.25. The maximum atomic E-state index is 13.1. The van der Waals surface area contributed by atoms with Gasteiger partial charge in [-0.05, 0) is 54.7 Å². The molecule has 2 aromatic carbocycles. The lowest BCUT2D eigenvalue weighted by atomic mass is 9.86. The van der Waals surface area contributed by atoms with Gasteiger partial charge in [-0.15, -0.1) is 0 Å². The standard InChI is InChI=1S/C27H31NO/c1-3-4-8-24-19-28(26-16-11-20(2)17-25(26)27(24)29)18-21-12-14-23(15-13-21)22-9-6-5-7-10-22/h5-7,9-10,12-15,19-20H,3-4,8,11,16-18H2,1-2H3. The fourth-order valence-electron chi connectivity index (χ4n) is 4.48. The average molecular weight is 386 g/mol. The number of pyridine rings is 1. The highest BCUT2D eigenvalue weighted by Gasteiger charge is 2.22. The Labute approximate surface area is 174 Å². The zero-order valence-corrected chi connectivity index (χ0v) is 17.7. The summed E-state index contributed by atoms with van der Waals surface area (Å²) in [5, 5.41) is 0. The molecule has 0 N–H and O–H groups in total. The highest BCUT2D eigenvalue weighted by molar-refractivity contribution is 5.63. The topological polar surface area (TPSA) is 22.0 Å². The molecule has 0 radical (unpaired) electrons. The van der Waals surface area contributed by atoms with Gasteiger partial charge in [0.2, 0.25) is 0 Å². The van der Waals surface area contributed by atoms with Crippen LogP contribution in [0.4, 0.5) is 0 Å². The summed E-state index contributed by atoms with van der Waals surface area (Å²) in [5.41, 5.74) is 7.44. The molecule has 0 bridgehead atoms. The van der Waals surface area contributed by atoms with Gasteiger partial charge in [0.15, 0.2) is 5.43 Å². The number of benzene rings is 2. The van der Waals surface area contributed by atoms with E-state index in [2.05, 4.69) is 73.1 Å². The van der Waals surface area contributed by atoms with E-state index in [0.29, 0.717) is 11.3 Å². The number of aryl methyl sites for hydroxylation is 1. The molecule has 1 atom stereocenters. The van der Waals surface area contributed by atoms with E-state index >= 15 is 0 Å². The molecule has 1 heterocycles. The number of aromatic nitrogens is 1. The summed E-state index contributed by atoms with van der Waals surface area (Å²) in [6.07, 6.45) is 8.36. The van der Waals surface area contributed by atoms with Gasteiger partial charge in [0, 0.05) is 29.6 Å². The first-order valence-corrected chi connectivity index (χ1v) is 11.0. The zero-order valence-electron chi connectivity index (χ0n) is 17.7. The monoisotopic (exact) mass is 385 g/mol.